The summed E-state index contributed by atoms with van der Waals surface area (Å²) in [7, 11) is 0. The van der Waals surface area contributed by atoms with Crippen LogP contribution < -0.4 is 11.0 Å². The third-order valence-electron chi connectivity index (χ3n) is 3.56. The van der Waals surface area contributed by atoms with Crippen LogP contribution in [0.5, 0.6) is 0 Å². The second-order valence-electron chi connectivity index (χ2n) is 5.21. The fraction of sp³-hybridized carbons (Fsp3) is 0.462. The van der Waals surface area contributed by atoms with Crippen LogP contribution in [-0.2, 0) is 11.3 Å². The molecule has 2 heterocycles. The number of fused-ring (bicyclic) bond motifs is 1. The Hall–Kier alpha value is -1.63. The molecule has 3 rings (SSSR count). The number of hydrogen-bond acceptors (Lipinski definition) is 4. The van der Waals surface area contributed by atoms with Crippen molar-refractivity contribution in [2.24, 2.45) is 5.41 Å². The molecule has 4 N–H and O–H groups in total. The Morgan fingerprint density at radius 2 is 2.11 bits per heavy atom. The van der Waals surface area contributed by atoms with E-state index in [9.17, 15) is 9.90 Å². The van der Waals surface area contributed by atoms with Gasteiger partial charge in [0.15, 0.2) is 0 Å². The standard InChI is InChI=1S/C13H17N3O3/c17-6-13(7-19-8-13)5-14-4-9-1-2-10-11(3-9)16-12(18)15-10/h1-3,14,17H,4-8H2,(H2,15,16,18). The normalized spacial score (nSPS) is 17.5. The molecule has 2 aromatic rings. The number of aromatic nitrogens is 2. The minimum atomic E-state index is -0.189. The van der Waals surface area contributed by atoms with E-state index in [1.807, 2.05) is 18.2 Å². The number of ether oxygens (including phenoxy) is 1. The molecule has 0 saturated carbocycles. The number of H-pyrrole nitrogens is 2. The minimum Gasteiger partial charge on any atom is -0.396 e. The molecule has 1 aromatic heterocycles. The molecule has 0 unspecified atom stereocenters. The molecule has 0 radical (unpaired) electrons. The van der Waals surface area contributed by atoms with Gasteiger partial charge in [-0.05, 0) is 17.7 Å². The molecule has 0 bridgehead atoms. The maximum atomic E-state index is 11.2. The van der Waals surface area contributed by atoms with Crippen LogP contribution in [0.2, 0.25) is 0 Å². The van der Waals surface area contributed by atoms with E-state index in [-0.39, 0.29) is 17.7 Å². The number of aromatic amines is 2. The molecule has 0 aliphatic carbocycles. The van der Waals surface area contributed by atoms with Gasteiger partial charge < -0.3 is 25.1 Å². The first kappa shape index (κ1) is 12.4. The van der Waals surface area contributed by atoms with Gasteiger partial charge in [0.25, 0.3) is 0 Å². The molecule has 1 fully saturated rings. The Morgan fingerprint density at radius 1 is 1.32 bits per heavy atom. The van der Waals surface area contributed by atoms with Crippen LogP contribution in [-0.4, -0.2) is 41.4 Å². The van der Waals surface area contributed by atoms with Gasteiger partial charge in [0, 0.05) is 13.1 Å². The van der Waals surface area contributed by atoms with Crippen LogP contribution in [0.25, 0.3) is 11.0 Å². The Balaban J connectivity index is 1.63. The quantitative estimate of drug-likeness (QED) is 0.609. The largest absolute Gasteiger partial charge is 0.396 e. The van der Waals surface area contributed by atoms with Crippen molar-refractivity contribution in [1.82, 2.24) is 15.3 Å². The van der Waals surface area contributed by atoms with E-state index in [4.69, 9.17) is 4.74 Å². The van der Waals surface area contributed by atoms with Crippen LogP contribution in [0.4, 0.5) is 0 Å². The van der Waals surface area contributed by atoms with Gasteiger partial charge in [-0.1, -0.05) is 6.07 Å². The summed E-state index contributed by atoms with van der Waals surface area (Å²) >= 11 is 0. The fourth-order valence-corrected chi connectivity index (χ4v) is 2.30. The summed E-state index contributed by atoms with van der Waals surface area (Å²) in [6.07, 6.45) is 0. The second kappa shape index (κ2) is 4.80. The van der Waals surface area contributed by atoms with Crippen LogP contribution in [0.1, 0.15) is 5.56 Å². The highest BCUT2D eigenvalue weighted by atomic mass is 16.5. The Labute approximate surface area is 109 Å². The number of aliphatic hydroxyl groups excluding tert-OH is 1. The molecule has 0 atom stereocenters. The maximum Gasteiger partial charge on any atom is 0.323 e. The average molecular weight is 263 g/mol. The van der Waals surface area contributed by atoms with Crippen LogP contribution in [0.3, 0.4) is 0 Å². The molecule has 0 amide bonds. The fourth-order valence-electron chi connectivity index (χ4n) is 2.30. The lowest BCUT2D eigenvalue weighted by Gasteiger charge is -2.40. The van der Waals surface area contributed by atoms with E-state index in [2.05, 4.69) is 15.3 Å². The number of imidazole rings is 1. The maximum absolute atomic E-state index is 11.2. The third-order valence-corrected chi connectivity index (χ3v) is 3.56. The van der Waals surface area contributed by atoms with Crippen molar-refractivity contribution in [2.75, 3.05) is 26.4 Å². The lowest BCUT2D eigenvalue weighted by molar-refractivity contribution is -0.134. The first-order valence-corrected chi connectivity index (χ1v) is 6.31. The third kappa shape index (κ3) is 2.42. The molecule has 1 aromatic carbocycles. The second-order valence-corrected chi connectivity index (χ2v) is 5.21. The topological polar surface area (TPSA) is 90.1 Å². The van der Waals surface area contributed by atoms with E-state index in [0.29, 0.717) is 19.8 Å². The zero-order valence-corrected chi connectivity index (χ0v) is 10.5. The highest BCUT2D eigenvalue weighted by Gasteiger charge is 2.37. The van der Waals surface area contributed by atoms with Crippen molar-refractivity contribution >= 4 is 11.0 Å². The Bertz CT molecular complexity index is 622. The molecule has 1 saturated heterocycles. The number of hydrogen-bond donors (Lipinski definition) is 4. The SMILES string of the molecule is O=c1[nH]c2ccc(CNCC3(CO)COC3)cc2[nH]1. The summed E-state index contributed by atoms with van der Waals surface area (Å²) in [4.78, 5) is 16.6. The van der Waals surface area contributed by atoms with E-state index in [1.165, 1.54) is 0 Å². The number of benzene rings is 1. The molecule has 0 spiro atoms. The average Bonchev–Trinajstić information content (AvgIpc) is 2.72. The molecule has 1 aliphatic rings. The van der Waals surface area contributed by atoms with Gasteiger partial charge in [0.1, 0.15) is 0 Å². The molecule has 102 valence electrons. The van der Waals surface area contributed by atoms with Gasteiger partial charge >= 0.3 is 5.69 Å². The van der Waals surface area contributed by atoms with E-state index in [1.54, 1.807) is 0 Å². The molecular weight excluding hydrogens is 246 g/mol. The zero-order valence-electron chi connectivity index (χ0n) is 10.5. The van der Waals surface area contributed by atoms with E-state index in [0.717, 1.165) is 23.1 Å². The highest BCUT2D eigenvalue weighted by molar-refractivity contribution is 5.74. The van der Waals surface area contributed by atoms with Gasteiger partial charge in [-0.2, -0.15) is 0 Å². The summed E-state index contributed by atoms with van der Waals surface area (Å²) in [5.41, 5.74) is 2.41. The number of rotatable bonds is 5. The number of aliphatic hydroxyl groups is 1. The van der Waals surface area contributed by atoms with Crippen molar-refractivity contribution < 1.29 is 9.84 Å². The highest BCUT2D eigenvalue weighted by Crippen LogP contribution is 2.25. The summed E-state index contributed by atoms with van der Waals surface area (Å²) in [5.74, 6) is 0. The van der Waals surface area contributed by atoms with E-state index < -0.39 is 0 Å². The summed E-state index contributed by atoms with van der Waals surface area (Å²) in [5, 5.41) is 12.6. The summed E-state index contributed by atoms with van der Waals surface area (Å²) < 4.78 is 5.15. The Morgan fingerprint density at radius 3 is 2.79 bits per heavy atom. The van der Waals surface area contributed by atoms with Gasteiger partial charge in [-0.15, -0.1) is 0 Å². The first-order valence-electron chi connectivity index (χ1n) is 6.31. The minimum absolute atomic E-state index is 0.119. The monoisotopic (exact) mass is 263 g/mol. The summed E-state index contributed by atoms with van der Waals surface area (Å²) in [6.45, 7) is 2.79. The van der Waals surface area contributed by atoms with Crippen LogP contribution in [0, 0.1) is 5.41 Å². The predicted octanol–water partition coefficient (Wildman–Crippen LogP) is -0.0453. The molecule has 1 aliphatic heterocycles. The zero-order chi connectivity index (χ0) is 13.3. The lowest BCUT2D eigenvalue weighted by Crippen LogP contribution is -2.52. The first-order chi connectivity index (χ1) is 9.21. The molecule has 6 heteroatoms. The van der Waals surface area contributed by atoms with Gasteiger partial charge in [0.05, 0.1) is 36.3 Å². The van der Waals surface area contributed by atoms with Crippen molar-refractivity contribution in [3.8, 4) is 0 Å². The van der Waals surface area contributed by atoms with Gasteiger partial charge in [-0.25, -0.2) is 4.79 Å². The van der Waals surface area contributed by atoms with E-state index >= 15 is 0 Å². The molecular formula is C13H17N3O3. The van der Waals surface area contributed by atoms with Crippen LogP contribution >= 0.6 is 0 Å². The van der Waals surface area contributed by atoms with Gasteiger partial charge in [0.2, 0.25) is 0 Å². The van der Waals surface area contributed by atoms with Crippen LogP contribution in [0.15, 0.2) is 23.0 Å². The predicted molar refractivity (Wildman–Crippen MR) is 71.0 cm³/mol. The summed E-state index contributed by atoms with van der Waals surface area (Å²) in [6, 6.07) is 5.81. The van der Waals surface area contributed by atoms with Gasteiger partial charge in [-0.3, -0.25) is 0 Å². The smallest absolute Gasteiger partial charge is 0.323 e. The van der Waals surface area contributed by atoms with Crippen molar-refractivity contribution in [3.63, 3.8) is 0 Å². The lowest BCUT2D eigenvalue weighted by atomic mass is 9.87. The number of nitrogens with one attached hydrogen (secondary N) is 3. The Kier molecular flexibility index (Phi) is 3.14. The molecule has 6 nitrogen and oxygen atoms in total. The van der Waals surface area contributed by atoms with Crippen molar-refractivity contribution in [1.29, 1.82) is 0 Å². The molecule has 19 heavy (non-hydrogen) atoms. The van der Waals surface area contributed by atoms with Crippen molar-refractivity contribution in [3.05, 3.63) is 34.2 Å². The van der Waals surface area contributed by atoms with Crippen molar-refractivity contribution in [2.45, 2.75) is 6.54 Å².